The van der Waals surface area contributed by atoms with Gasteiger partial charge in [-0.3, -0.25) is 9.59 Å². The predicted octanol–water partition coefficient (Wildman–Crippen LogP) is 2.07. The van der Waals surface area contributed by atoms with Gasteiger partial charge in [-0.25, -0.2) is 0 Å². The molecule has 0 bridgehead atoms. The zero-order valence-corrected chi connectivity index (χ0v) is 16.6. The van der Waals surface area contributed by atoms with Crippen molar-refractivity contribution in [3.8, 4) is 17.2 Å². The highest BCUT2D eigenvalue weighted by atomic mass is 16.7. The first-order chi connectivity index (χ1) is 14.7. The number of nitrogens with zero attached hydrogens (tertiary/aromatic N) is 1. The minimum Gasteiger partial charge on any atom is -0.483 e. The molecule has 2 aromatic carbocycles. The van der Waals surface area contributed by atoms with Crippen molar-refractivity contribution in [1.29, 1.82) is 0 Å². The second-order valence-corrected chi connectivity index (χ2v) is 6.78. The molecule has 0 unspecified atom stereocenters. The first-order valence-corrected chi connectivity index (χ1v) is 9.55. The lowest BCUT2D eigenvalue weighted by molar-refractivity contribution is -0.123. The molecule has 0 atom stereocenters. The molecule has 1 aliphatic rings. The quantitative estimate of drug-likeness (QED) is 0.612. The smallest absolute Gasteiger partial charge is 0.258 e. The first-order valence-electron chi connectivity index (χ1n) is 9.55. The molecule has 0 radical (unpaired) electrons. The molecule has 1 N–H and O–H groups in total. The zero-order valence-electron chi connectivity index (χ0n) is 16.6. The molecule has 156 valence electrons. The van der Waals surface area contributed by atoms with E-state index < -0.39 is 0 Å². The monoisotopic (exact) mass is 410 g/mol. The Morgan fingerprint density at radius 1 is 1.13 bits per heavy atom. The minimum atomic E-state index is -0.266. The molecule has 2 heterocycles. The molecule has 1 aliphatic heterocycles. The molecule has 3 aromatic rings. The average molecular weight is 410 g/mol. The van der Waals surface area contributed by atoms with E-state index in [-0.39, 0.29) is 24.9 Å². The number of ether oxygens (including phenoxy) is 4. The lowest BCUT2D eigenvalue weighted by atomic mass is 10.1. The molecule has 4 rings (SSSR count). The number of carbonyl (C=O) groups excluding carboxylic acids is 1. The maximum absolute atomic E-state index is 12.6. The van der Waals surface area contributed by atoms with Crippen molar-refractivity contribution in [1.82, 2.24) is 9.88 Å². The molecule has 30 heavy (non-hydrogen) atoms. The van der Waals surface area contributed by atoms with E-state index in [0.717, 1.165) is 5.56 Å². The first kappa shape index (κ1) is 19.8. The number of fused-ring (bicyclic) bond motifs is 2. The third-order valence-electron chi connectivity index (χ3n) is 4.80. The van der Waals surface area contributed by atoms with Gasteiger partial charge in [0.2, 0.25) is 6.79 Å². The Bertz CT molecular complexity index is 1120. The number of rotatable bonds is 8. The van der Waals surface area contributed by atoms with E-state index in [1.165, 1.54) is 0 Å². The van der Waals surface area contributed by atoms with E-state index in [1.807, 2.05) is 24.3 Å². The highest BCUT2D eigenvalue weighted by molar-refractivity contribution is 5.88. The lowest BCUT2D eigenvalue weighted by Gasteiger charge is -2.11. The number of methoxy groups -OCH3 is 1. The molecule has 0 saturated carbocycles. The van der Waals surface area contributed by atoms with Gasteiger partial charge in [0.1, 0.15) is 5.75 Å². The SMILES string of the molecule is COCCn1ccc2c(OCC(=O)NCc3ccc4c(c3)OCO4)cccc2c1=O. The largest absolute Gasteiger partial charge is 0.483 e. The molecule has 1 aromatic heterocycles. The summed E-state index contributed by atoms with van der Waals surface area (Å²) in [6, 6.07) is 12.6. The van der Waals surface area contributed by atoms with Crippen LogP contribution in [0.3, 0.4) is 0 Å². The second kappa shape index (κ2) is 8.87. The fraction of sp³-hybridized carbons (Fsp3) is 0.273. The van der Waals surface area contributed by atoms with Crippen LogP contribution in [-0.4, -0.2) is 37.6 Å². The summed E-state index contributed by atoms with van der Waals surface area (Å²) in [7, 11) is 1.59. The van der Waals surface area contributed by atoms with E-state index in [1.54, 1.807) is 36.1 Å². The van der Waals surface area contributed by atoms with E-state index in [0.29, 0.717) is 47.7 Å². The van der Waals surface area contributed by atoms with Crippen molar-refractivity contribution in [2.45, 2.75) is 13.1 Å². The summed E-state index contributed by atoms with van der Waals surface area (Å²) in [6.45, 7) is 1.32. The Balaban J connectivity index is 1.38. The van der Waals surface area contributed by atoms with Gasteiger partial charge in [0.25, 0.3) is 11.5 Å². The maximum atomic E-state index is 12.6. The maximum Gasteiger partial charge on any atom is 0.258 e. The summed E-state index contributed by atoms with van der Waals surface area (Å²) in [4.78, 5) is 24.8. The van der Waals surface area contributed by atoms with Crippen molar-refractivity contribution in [2.75, 3.05) is 27.1 Å². The molecule has 1 amide bonds. The number of hydrogen-bond donors (Lipinski definition) is 1. The summed E-state index contributed by atoms with van der Waals surface area (Å²) < 4.78 is 22.9. The molecule has 0 saturated heterocycles. The third-order valence-corrected chi connectivity index (χ3v) is 4.80. The van der Waals surface area contributed by atoms with Crippen LogP contribution in [0, 0.1) is 0 Å². The standard InChI is InChI=1S/C22H22N2O6/c1-27-10-9-24-8-7-16-17(22(24)26)3-2-4-18(16)28-13-21(25)23-12-15-5-6-19-20(11-15)30-14-29-19/h2-8,11H,9-10,12-14H2,1H3,(H,23,25). The molecule has 0 spiro atoms. The van der Waals surface area contributed by atoms with E-state index in [2.05, 4.69) is 5.32 Å². The van der Waals surface area contributed by atoms with Gasteiger partial charge in [-0.15, -0.1) is 0 Å². The van der Waals surface area contributed by atoms with Crippen molar-refractivity contribution in [3.05, 3.63) is 64.6 Å². The number of hydrogen-bond acceptors (Lipinski definition) is 6. The minimum absolute atomic E-state index is 0.123. The Hall–Kier alpha value is -3.52. The summed E-state index contributed by atoms with van der Waals surface area (Å²) in [5.74, 6) is 1.59. The Kier molecular flexibility index (Phi) is 5.85. The third kappa shape index (κ3) is 4.23. The van der Waals surface area contributed by atoms with Gasteiger partial charge in [-0.1, -0.05) is 12.1 Å². The fourth-order valence-electron chi connectivity index (χ4n) is 3.23. The Morgan fingerprint density at radius 3 is 2.87 bits per heavy atom. The lowest BCUT2D eigenvalue weighted by Crippen LogP contribution is -2.28. The number of nitrogens with one attached hydrogen (secondary N) is 1. The topological polar surface area (TPSA) is 88.0 Å². The normalized spacial score (nSPS) is 12.2. The number of aromatic nitrogens is 1. The fourth-order valence-corrected chi connectivity index (χ4v) is 3.23. The molecule has 0 aliphatic carbocycles. The Labute approximate surface area is 172 Å². The zero-order chi connectivity index (χ0) is 20.9. The molecular formula is C22H22N2O6. The van der Waals surface area contributed by atoms with Gasteiger partial charge in [-0.2, -0.15) is 0 Å². The van der Waals surface area contributed by atoms with E-state index in [4.69, 9.17) is 18.9 Å². The number of carbonyl (C=O) groups is 1. The average Bonchev–Trinajstić information content (AvgIpc) is 3.24. The van der Waals surface area contributed by atoms with Crippen LogP contribution >= 0.6 is 0 Å². The summed E-state index contributed by atoms with van der Waals surface area (Å²) >= 11 is 0. The van der Waals surface area contributed by atoms with Gasteiger partial charge >= 0.3 is 0 Å². The number of amides is 1. The number of pyridine rings is 1. The van der Waals surface area contributed by atoms with Crippen LogP contribution in [0.25, 0.3) is 10.8 Å². The molecule has 8 nitrogen and oxygen atoms in total. The van der Waals surface area contributed by atoms with Gasteiger partial charge in [0, 0.05) is 31.8 Å². The summed E-state index contributed by atoms with van der Waals surface area (Å²) in [6.07, 6.45) is 1.70. The van der Waals surface area contributed by atoms with Gasteiger partial charge in [-0.05, 0) is 35.9 Å². The van der Waals surface area contributed by atoms with Crippen molar-refractivity contribution < 1.29 is 23.7 Å². The van der Waals surface area contributed by atoms with Gasteiger partial charge in [0.15, 0.2) is 18.1 Å². The number of benzene rings is 2. The molecule has 0 fully saturated rings. The van der Waals surface area contributed by atoms with Crippen molar-refractivity contribution in [3.63, 3.8) is 0 Å². The van der Waals surface area contributed by atoms with Crippen LogP contribution in [0.1, 0.15) is 5.56 Å². The van der Waals surface area contributed by atoms with Crippen LogP contribution in [-0.2, 0) is 22.6 Å². The van der Waals surface area contributed by atoms with Gasteiger partial charge in [0.05, 0.1) is 12.0 Å². The van der Waals surface area contributed by atoms with Gasteiger partial charge < -0.3 is 28.8 Å². The highest BCUT2D eigenvalue weighted by Gasteiger charge is 2.14. The Morgan fingerprint density at radius 2 is 2.00 bits per heavy atom. The van der Waals surface area contributed by atoms with Crippen LogP contribution in [0.5, 0.6) is 17.2 Å². The summed E-state index contributed by atoms with van der Waals surface area (Å²) in [5.41, 5.74) is 0.775. The predicted molar refractivity (Wildman–Crippen MR) is 110 cm³/mol. The van der Waals surface area contributed by atoms with Crippen molar-refractivity contribution in [2.24, 2.45) is 0 Å². The second-order valence-electron chi connectivity index (χ2n) is 6.78. The highest BCUT2D eigenvalue weighted by Crippen LogP contribution is 2.32. The van der Waals surface area contributed by atoms with Crippen molar-refractivity contribution >= 4 is 16.7 Å². The van der Waals surface area contributed by atoms with Crippen LogP contribution in [0.2, 0.25) is 0 Å². The van der Waals surface area contributed by atoms with E-state index >= 15 is 0 Å². The van der Waals surface area contributed by atoms with Crippen LogP contribution in [0.15, 0.2) is 53.5 Å². The molecule has 8 heteroatoms. The van der Waals surface area contributed by atoms with Crippen LogP contribution < -0.4 is 25.1 Å². The van der Waals surface area contributed by atoms with E-state index in [9.17, 15) is 9.59 Å². The summed E-state index contributed by atoms with van der Waals surface area (Å²) in [5, 5.41) is 4.01. The van der Waals surface area contributed by atoms with Crippen LogP contribution in [0.4, 0.5) is 0 Å². The molecular weight excluding hydrogens is 388 g/mol.